The van der Waals surface area contributed by atoms with E-state index in [1.165, 1.54) is 4.88 Å². The smallest absolute Gasteiger partial charge is 0.341 e. The number of aliphatic carboxylic acids is 1. The maximum absolute atomic E-state index is 13.0. The summed E-state index contributed by atoms with van der Waals surface area (Å²) in [5.74, 6) is -0.775. The first kappa shape index (κ1) is 18.4. The Morgan fingerprint density at radius 3 is 2.96 bits per heavy atom. The van der Waals surface area contributed by atoms with Gasteiger partial charge in [-0.2, -0.15) is 0 Å². The van der Waals surface area contributed by atoms with E-state index in [0.29, 0.717) is 11.3 Å². The highest BCUT2D eigenvalue weighted by molar-refractivity contribution is 7.11. The van der Waals surface area contributed by atoms with Crippen LogP contribution in [0.25, 0.3) is 0 Å². The fourth-order valence-corrected chi connectivity index (χ4v) is 4.41. The lowest BCUT2D eigenvalue weighted by atomic mass is 9.96. The van der Waals surface area contributed by atoms with Crippen LogP contribution < -0.4 is 4.74 Å². The molecule has 7 heteroatoms. The fourth-order valence-electron chi connectivity index (χ4n) is 3.18. The number of hydrogen-bond acceptors (Lipinski definition) is 5. The van der Waals surface area contributed by atoms with Gasteiger partial charge >= 0.3 is 5.97 Å². The molecule has 3 rings (SSSR count). The van der Waals surface area contributed by atoms with Crippen molar-refractivity contribution in [2.75, 3.05) is 13.7 Å². The Balaban J connectivity index is 1.79. The Kier molecular flexibility index (Phi) is 5.56. The fraction of sp³-hybridized carbons (Fsp3) is 0.421. The number of benzene rings is 1. The lowest BCUT2D eigenvalue weighted by molar-refractivity contribution is -0.139. The molecule has 0 saturated heterocycles. The zero-order valence-corrected chi connectivity index (χ0v) is 15.7. The van der Waals surface area contributed by atoms with Crippen LogP contribution in [0.5, 0.6) is 5.75 Å². The van der Waals surface area contributed by atoms with Crippen LogP contribution in [0.15, 0.2) is 24.3 Å². The van der Waals surface area contributed by atoms with Crippen molar-refractivity contribution in [3.05, 3.63) is 45.4 Å². The molecule has 26 heavy (non-hydrogen) atoms. The van der Waals surface area contributed by atoms with E-state index in [4.69, 9.17) is 14.8 Å². The number of carboxylic acids is 1. The second kappa shape index (κ2) is 7.86. The summed E-state index contributed by atoms with van der Waals surface area (Å²) in [6.45, 7) is 1.66. The van der Waals surface area contributed by atoms with Crippen LogP contribution in [0.3, 0.4) is 0 Å². The van der Waals surface area contributed by atoms with Crippen LogP contribution in [0.1, 0.15) is 51.7 Å². The topological polar surface area (TPSA) is 79.7 Å². The largest absolute Gasteiger partial charge is 0.482 e. The van der Waals surface area contributed by atoms with Gasteiger partial charge in [0.2, 0.25) is 0 Å². The molecule has 0 fully saturated rings. The lowest BCUT2D eigenvalue weighted by Gasteiger charge is -2.30. The Morgan fingerprint density at radius 2 is 2.23 bits per heavy atom. The second-order valence-corrected chi connectivity index (χ2v) is 7.42. The van der Waals surface area contributed by atoms with Crippen molar-refractivity contribution in [1.82, 2.24) is 9.88 Å². The van der Waals surface area contributed by atoms with E-state index in [1.54, 1.807) is 40.5 Å². The number of amides is 1. The van der Waals surface area contributed by atoms with Crippen LogP contribution >= 0.6 is 11.3 Å². The Morgan fingerprint density at radius 1 is 1.42 bits per heavy atom. The van der Waals surface area contributed by atoms with Gasteiger partial charge in [-0.3, -0.25) is 4.79 Å². The molecule has 1 aliphatic rings. The molecule has 0 bridgehead atoms. The standard InChI is InChI=1S/C19H22N2O4S/c1-3-16-20-14-8-5-9-15(18(14)26-16)21(2)19(24)12-6-4-7-13(10-12)25-11-17(22)23/h4,6-7,10,15H,3,5,8-9,11H2,1-2H3,(H,22,23). The highest BCUT2D eigenvalue weighted by Crippen LogP contribution is 2.38. The average Bonchev–Trinajstić information content (AvgIpc) is 3.08. The highest BCUT2D eigenvalue weighted by Gasteiger charge is 2.30. The van der Waals surface area contributed by atoms with Gasteiger partial charge < -0.3 is 14.7 Å². The van der Waals surface area contributed by atoms with Crippen molar-refractivity contribution >= 4 is 23.2 Å². The van der Waals surface area contributed by atoms with Crippen LogP contribution in [0.2, 0.25) is 0 Å². The first-order valence-electron chi connectivity index (χ1n) is 8.70. The SMILES string of the molecule is CCc1nc2c(s1)C(N(C)C(=O)c1cccc(OCC(=O)O)c1)CCC2. The number of carbonyl (C=O) groups excluding carboxylic acids is 1. The molecule has 6 nitrogen and oxygen atoms in total. The molecule has 1 amide bonds. The van der Waals surface area contributed by atoms with Gasteiger partial charge in [-0.25, -0.2) is 9.78 Å². The molecular weight excluding hydrogens is 352 g/mol. The number of aromatic nitrogens is 1. The number of carboxylic acid groups (broad SMARTS) is 1. The summed E-state index contributed by atoms with van der Waals surface area (Å²) >= 11 is 1.70. The number of fused-ring (bicyclic) bond motifs is 1. The number of carbonyl (C=O) groups is 2. The molecule has 1 atom stereocenters. The van der Waals surface area contributed by atoms with Gasteiger partial charge in [0.1, 0.15) is 5.75 Å². The molecule has 1 aromatic heterocycles. The summed E-state index contributed by atoms with van der Waals surface area (Å²) in [6, 6.07) is 6.70. The molecule has 1 aromatic carbocycles. The van der Waals surface area contributed by atoms with Gasteiger partial charge in [0, 0.05) is 12.6 Å². The van der Waals surface area contributed by atoms with E-state index in [-0.39, 0.29) is 11.9 Å². The number of hydrogen-bond donors (Lipinski definition) is 1. The second-order valence-electron chi connectivity index (χ2n) is 6.31. The summed E-state index contributed by atoms with van der Waals surface area (Å²) < 4.78 is 5.18. The third-order valence-electron chi connectivity index (χ3n) is 4.50. The van der Waals surface area contributed by atoms with E-state index in [2.05, 4.69) is 6.92 Å². The summed E-state index contributed by atoms with van der Waals surface area (Å²) in [6.07, 6.45) is 3.83. The van der Waals surface area contributed by atoms with Crippen LogP contribution in [-0.4, -0.2) is 40.5 Å². The van der Waals surface area contributed by atoms with Crippen LogP contribution in [-0.2, 0) is 17.6 Å². The van der Waals surface area contributed by atoms with E-state index in [1.807, 2.05) is 7.05 Å². The van der Waals surface area contributed by atoms with Crippen molar-refractivity contribution in [3.8, 4) is 5.75 Å². The number of ether oxygens (including phenoxy) is 1. The van der Waals surface area contributed by atoms with Crippen LogP contribution in [0.4, 0.5) is 0 Å². The minimum absolute atomic E-state index is 0.0349. The van der Waals surface area contributed by atoms with E-state index >= 15 is 0 Å². The molecule has 1 unspecified atom stereocenters. The normalized spacial score (nSPS) is 16.0. The lowest BCUT2D eigenvalue weighted by Crippen LogP contribution is -2.32. The number of thiazole rings is 1. The van der Waals surface area contributed by atoms with Gasteiger partial charge in [-0.05, 0) is 43.9 Å². The zero-order valence-electron chi connectivity index (χ0n) is 14.9. The van der Waals surface area contributed by atoms with Crippen molar-refractivity contribution in [1.29, 1.82) is 0 Å². The number of aryl methyl sites for hydroxylation is 2. The minimum atomic E-state index is -1.05. The van der Waals surface area contributed by atoms with Crippen LogP contribution in [0, 0.1) is 0 Å². The van der Waals surface area contributed by atoms with E-state index in [0.717, 1.165) is 36.4 Å². The quantitative estimate of drug-likeness (QED) is 0.839. The number of rotatable bonds is 6. The monoisotopic (exact) mass is 374 g/mol. The van der Waals surface area contributed by atoms with Gasteiger partial charge in [0.05, 0.1) is 21.6 Å². The van der Waals surface area contributed by atoms with Crippen molar-refractivity contribution in [3.63, 3.8) is 0 Å². The summed E-state index contributed by atoms with van der Waals surface area (Å²) in [5, 5.41) is 9.84. The third-order valence-corrected chi connectivity index (χ3v) is 5.84. The zero-order chi connectivity index (χ0) is 18.7. The van der Waals surface area contributed by atoms with Gasteiger partial charge in [0.15, 0.2) is 6.61 Å². The van der Waals surface area contributed by atoms with Gasteiger partial charge in [0.25, 0.3) is 5.91 Å². The summed E-state index contributed by atoms with van der Waals surface area (Å²) in [7, 11) is 1.82. The van der Waals surface area contributed by atoms with Gasteiger partial charge in [-0.1, -0.05) is 13.0 Å². The Hall–Kier alpha value is -2.41. The van der Waals surface area contributed by atoms with Crippen molar-refractivity contribution < 1.29 is 19.4 Å². The molecule has 2 aromatic rings. The minimum Gasteiger partial charge on any atom is -0.482 e. The molecule has 1 heterocycles. The molecule has 0 radical (unpaired) electrons. The molecule has 0 saturated carbocycles. The third kappa shape index (κ3) is 3.88. The first-order valence-corrected chi connectivity index (χ1v) is 9.51. The van der Waals surface area contributed by atoms with Crippen molar-refractivity contribution in [2.45, 2.75) is 38.6 Å². The Bertz CT molecular complexity index is 818. The Labute approximate surface area is 156 Å². The molecule has 0 aliphatic heterocycles. The first-order chi connectivity index (χ1) is 12.5. The number of nitrogens with zero attached hydrogens (tertiary/aromatic N) is 2. The maximum atomic E-state index is 13.0. The van der Waals surface area contributed by atoms with E-state index in [9.17, 15) is 9.59 Å². The maximum Gasteiger partial charge on any atom is 0.341 e. The highest BCUT2D eigenvalue weighted by atomic mass is 32.1. The molecule has 1 N–H and O–H groups in total. The molecule has 138 valence electrons. The molecular formula is C19H22N2O4S. The van der Waals surface area contributed by atoms with Crippen molar-refractivity contribution in [2.24, 2.45) is 0 Å². The predicted molar refractivity (Wildman–Crippen MR) is 98.8 cm³/mol. The van der Waals surface area contributed by atoms with Gasteiger partial charge in [-0.15, -0.1) is 11.3 Å². The predicted octanol–water partition coefficient (Wildman–Crippen LogP) is 3.32. The summed E-state index contributed by atoms with van der Waals surface area (Å²) in [5.41, 5.74) is 1.61. The van der Waals surface area contributed by atoms with E-state index < -0.39 is 12.6 Å². The summed E-state index contributed by atoms with van der Waals surface area (Å²) in [4.78, 5) is 31.3. The molecule has 0 spiro atoms. The average molecular weight is 374 g/mol. The molecule has 1 aliphatic carbocycles.